The third-order valence-corrected chi connectivity index (χ3v) is 3.64. The van der Waals surface area contributed by atoms with Gasteiger partial charge in [-0.2, -0.15) is 0 Å². The van der Waals surface area contributed by atoms with Crippen molar-refractivity contribution >= 4 is 13.1 Å². The average molecular weight is 275 g/mol. The first-order valence-electron chi connectivity index (χ1n) is 7.26. The van der Waals surface area contributed by atoms with Crippen molar-refractivity contribution in [3.63, 3.8) is 0 Å². The summed E-state index contributed by atoms with van der Waals surface area (Å²) in [6.45, 7) is 9.83. The lowest BCUT2D eigenvalue weighted by atomic mass is 9.76. The second-order valence-corrected chi connectivity index (χ2v) is 4.49. The van der Waals surface area contributed by atoms with Gasteiger partial charge in [-0.1, -0.05) is 41.0 Å². The van der Waals surface area contributed by atoms with Crippen molar-refractivity contribution in [3.8, 4) is 0 Å². The van der Waals surface area contributed by atoms with Crippen LogP contribution in [0.3, 0.4) is 0 Å². The van der Waals surface area contributed by atoms with Crippen molar-refractivity contribution in [2.45, 2.75) is 65.7 Å². The lowest BCUT2D eigenvalue weighted by Gasteiger charge is -2.26. The zero-order valence-electron chi connectivity index (χ0n) is 12.9. The predicted octanol–water partition coefficient (Wildman–Crippen LogP) is 1.73. The normalized spacial score (nSPS) is 28.6. The summed E-state index contributed by atoms with van der Waals surface area (Å²) in [5, 5.41) is 26.5. The fourth-order valence-corrected chi connectivity index (χ4v) is 2.38. The van der Waals surface area contributed by atoms with Crippen molar-refractivity contribution in [3.05, 3.63) is 0 Å². The third-order valence-electron chi connectivity index (χ3n) is 3.64. The van der Waals surface area contributed by atoms with E-state index < -0.39 is 18.6 Å². The molecule has 1 rings (SSSR count). The van der Waals surface area contributed by atoms with Gasteiger partial charge < -0.3 is 20.9 Å². The second-order valence-electron chi connectivity index (χ2n) is 4.49. The molecule has 0 saturated heterocycles. The molecule has 1 fully saturated rings. The van der Waals surface area contributed by atoms with Crippen LogP contribution in [-0.2, 0) is 4.79 Å². The summed E-state index contributed by atoms with van der Waals surface area (Å²) in [6, 6.07) is 0. The molecule has 1 aliphatic carbocycles. The fraction of sp³-hybridized carbons (Fsp3) is 0.923. The molecule has 5 nitrogen and oxygen atoms in total. The number of carboxylic acid groups (broad SMARTS) is 1. The first-order chi connectivity index (χ1) is 8.88. The molecule has 0 amide bonds. The predicted molar refractivity (Wildman–Crippen MR) is 78.8 cm³/mol. The van der Waals surface area contributed by atoms with Crippen LogP contribution in [-0.4, -0.2) is 33.8 Å². The summed E-state index contributed by atoms with van der Waals surface area (Å²) in [4.78, 5) is 11.0. The summed E-state index contributed by atoms with van der Waals surface area (Å²) in [6.07, 6.45) is 2.11. The Bertz CT molecular complexity index is 251. The maximum Gasteiger partial charge on any atom is 0.451 e. The van der Waals surface area contributed by atoms with Crippen molar-refractivity contribution < 1.29 is 19.9 Å². The van der Waals surface area contributed by atoms with Gasteiger partial charge in [-0.25, -0.2) is 0 Å². The maximum atomic E-state index is 11.0. The van der Waals surface area contributed by atoms with Gasteiger partial charge in [0.05, 0.1) is 0 Å². The summed E-state index contributed by atoms with van der Waals surface area (Å²) < 4.78 is 0. The summed E-state index contributed by atoms with van der Waals surface area (Å²) >= 11 is 0. The highest BCUT2D eigenvalue weighted by Crippen LogP contribution is 2.41. The Labute approximate surface area is 117 Å². The molecule has 19 heavy (non-hydrogen) atoms. The van der Waals surface area contributed by atoms with E-state index in [-0.39, 0.29) is 18.2 Å². The molecule has 114 valence electrons. The third kappa shape index (κ3) is 5.93. The van der Waals surface area contributed by atoms with E-state index in [4.69, 9.17) is 20.9 Å². The average Bonchev–Trinajstić information content (AvgIpc) is 2.70. The standard InChI is InChI=1S/C9H18BNO4.2C2H6/c1-6-7(3-5-10(14)15)2-4-9(6,11)8(12)13;2*1-2/h6-7,14-15H,2-5,11H2,1H3,(H,12,13);2*1-2H3/t6-,7?,9?;;/m0../s1. The van der Waals surface area contributed by atoms with Gasteiger partial charge in [0.1, 0.15) is 5.54 Å². The number of aliphatic carboxylic acids is 1. The molecule has 3 atom stereocenters. The Morgan fingerprint density at radius 1 is 1.32 bits per heavy atom. The van der Waals surface area contributed by atoms with Crippen LogP contribution in [0, 0.1) is 11.8 Å². The van der Waals surface area contributed by atoms with Crippen molar-refractivity contribution in [2.24, 2.45) is 17.6 Å². The van der Waals surface area contributed by atoms with E-state index in [1.54, 1.807) is 0 Å². The minimum Gasteiger partial charge on any atom is -0.480 e. The molecular weight excluding hydrogens is 245 g/mol. The molecule has 0 spiro atoms. The first-order valence-corrected chi connectivity index (χ1v) is 7.26. The van der Waals surface area contributed by atoms with Crippen LogP contribution in [0.2, 0.25) is 6.32 Å². The minimum atomic E-state index is -1.31. The Balaban J connectivity index is 0. The monoisotopic (exact) mass is 275 g/mol. The number of carboxylic acids is 1. The van der Waals surface area contributed by atoms with E-state index in [0.717, 1.165) is 6.42 Å². The highest BCUT2D eigenvalue weighted by atomic mass is 16.4. The largest absolute Gasteiger partial charge is 0.480 e. The molecule has 0 bridgehead atoms. The topological polar surface area (TPSA) is 104 Å². The van der Waals surface area contributed by atoms with Crippen LogP contribution in [0.1, 0.15) is 53.9 Å². The fourth-order valence-electron chi connectivity index (χ4n) is 2.38. The van der Waals surface area contributed by atoms with E-state index in [9.17, 15) is 4.79 Å². The Morgan fingerprint density at radius 3 is 2.11 bits per heavy atom. The van der Waals surface area contributed by atoms with E-state index in [1.165, 1.54) is 0 Å². The SMILES string of the molecule is CC.CC.C[C@H]1C(CCB(O)O)CCC1(N)C(=O)O. The van der Waals surface area contributed by atoms with Crippen molar-refractivity contribution in [1.29, 1.82) is 0 Å². The minimum absolute atomic E-state index is 0.117. The molecular formula is C13H30BNO4. The molecule has 0 aliphatic heterocycles. The second kappa shape index (κ2) is 10.2. The molecule has 0 radical (unpaired) electrons. The van der Waals surface area contributed by atoms with E-state index in [1.807, 2.05) is 34.6 Å². The summed E-state index contributed by atoms with van der Waals surface area (Å²) in [5.74, 6) is -0.899. The number of hydrogen-bond acceptors (Lipinski definition) is 4. The quantitative estimate of drug-likeness (QED) is 0.585. The van der Waals surface area contributed by atoms with Gasteiger partial charge in [-0.15, -0.1) is 0 Å². The van der Waals surface area contributed by atoms with E-state index in [0.29, 0.717) is 12.8 Å². The number of carbonyl (C=O) groups is 1. The summed E-state index contributed by atoms with van der Waals surface area (Å²) in [5.41, 5.74) is 4.68. The van der Waals surface area contributed by atoms with Crippen LogP contribution in [0.5, 0.6) is 0 Å². The molecule has 0 aromatic heterocycles. The molecule has 5 N–H and O–H groups in total. The molecule has 1 saturated carbocycles. The molecule has 2 unspecified atom stereocenters. The smallest absolute Gasteiger partial charge is 0.451 e. The highest BCUT2D eigenvalue weighted by molar-refractivity contribution is 6.40. The molecule has 0 aromatic carbocycles. The van der Waals surface area contributed by atoms with Gasteiger partial charge in [0.15, 0.2) is 0 Å². The van der Waals surface area contributed by atoms with Crippen molar-refractivity contribution in [1.82, 2.24) is 0 Å². The van der Waals surface area contributed by atoms with Crippen LogP contribution in [0.4, 0.5) is 0 Å². The zero-order chi connectivity index (χ0) is 15.6. The number of rotatable bonds is 4. The molecule has 0 aromatic rings. The maximum absolute atomic E-state index is 11.0. The first kappa shape index (κ1) is 20.7. The van der Waals surface area contributed by atoms with Gasteiger partial charge in [-0.05, 0) is 31.0 Å². The molecule has 1 aliphatic rings. The lowest BCUT2D eigenvalue weighted by Crippen LogP contribution is -2.51. The van der Waals surface area contributed by atoms with Gasteiger partial charge in [0.2, 0.25) is 0 Å². The van der Waals surface area contributed by atoms with E-state index >= 15 is 0 Å². The Morgan fingerprint density at radius 2 is 1.79 bits per heavy atom. The van der Waals surface area contributed by atoms with Crippen LogP contribution in [0.25, 0.3) is 0 Å². The summed E-state index contributed by atoms with van der Waals surface area (Å²) in [7, 11) is -1.31. The highest BCUT2D eigenvalue weighted by Gasteiger charge is 2.48. The van der Waals surface area contributed by atoms with Crippen LogP contribution in [0.15, 0.2) is 0 Å². The lowest BCUT2D eigenvalue weighted by molar-refractivity contribution is -0.144. The van der Waals surface area contributed by atoms with Crippen molar-refractivity contribution in [2.75, 3.05) is 0 Å². The van der Waals surface area contributed by atoms with Gasteiger partial charge in [0.25, 0.3) is 0 Å². The number of hydrogen-bond donors (Lipinski definition) is 4. The molecule has 0 heterocycles. The van der Waals surface area contributed by atoms with Gasteiger partial charge >= 0.3 is 13.1 Å². The zero-order valence-corrected chi connectivity index (χ0v) is 12.9. The Kier molecular flexibility index (Phi) is 11.2. The van der Waals surface area contributed by atoms with Crippen LogP contribution < -0.4 is 5.73 Å². The van der Waals surface area contributed by atoms with E-state index in [2.05, 4.69) is 0 Å². The number of nitrogens with two attached hydrogens (primary N) is 1. The molecule has 6 heteroatoms. The van der Waals surface area contributed by atoms with Gasteiger partial charge in [-0.3, -0.25) is 4.79 Å². The Hall–Kier alpha value is -0.585. The van der Waals surface area contributed by atoms with Gasteiger partial charge in [0, 0.05) is 0 Å². The van der Waals surface area contributed by atoms with Crippen LogP contribution >= 0.6 is 0 Å².